The van der Waals surface area contributed by atoms with Gasteiger partial charge in [0.15, 0.2) is 0 Å². The Morgan fingerprint density at radius 2 is 2.00 bits per heavy atom. The first kappa shape index (κ1) is 16.1. The van der Waals surface area contributed by atoms with E-state index in [-0.39, 0.29) is 17.5 Å². The average molecular weight is 292 g/mol. The Morgan fingerprint density at radius 3 is 2.57 bits per heavy atom. The highest BCUT2D eigenvalue weighted by molar-refractivity contribution is 5.40. The van der Waals surface area contributed by atoms with Crippen molar-refractivity contribution in [3.8, 4) is 11.5 Å². The molecule has 0 amide bonds. The van der Waals surface area contributed by atoms with Crippen molar-refractivity contribution < 1.29 is 10.2 Å². The minimum Gasteiger partial charge on any atom is -0.508 e. The molecule has 3 N–H and O–H groups in total. The smallest absolute Gasteiger partial charge is 0.124 e. The van der Waals surface area contributed by atoms with Crippen LogP contribution < -0.4 is 5.32 Å². The molecule has 2 atom stereocenters. The maximum atomic E-state index is 10.1. The lowest BCUT2D eigenvalue weighted by Gasteiger charge is -2.37. The van der Waals surface area contributed by atoms with Gasteiger partial charge in [-0.05, 0) is 46.2 Å². The van der Waals surface area contributed by atoms with Crippen LogP contribution in [0.5, 0.6) is 11.5 Å². The lowest BCUT2D eigenvalue weighted by molar-refractivity contribution is 0.136. The molecular formula is C17H28N2O2. The van der Waals surface area contributed by atoms with Gasteiger partial charge in [-0.25, -0.2) is 0 Å². The number of phenols is 2. The van der Waals surface area contributed by atoms with Gasteiger partial charge in [0, 0.05) is 36.3 Å². The first-order valence-electron chi connectivity index (χ1n) is 8.00. The standard InChI is InChI=1S/C17H28N2O2/c1-12(2)19(11-14-6-4-5-9-18-14)13(3)16-8-7-15(20)10-17(16)21/h7-8,10,12-14,18,20-21H,4-6,9,11H2,1-3H3. The number of piperidine rings is 1. The van der Waals surface area contributed by atoms with Gasteiger partial charge in [-0.2, -0.15) is 0 Å². The fourth-order valence-electron chi connectivity index (χ4n) is 3.21. The molecule has 1 aromatic rings. The molecule has 4 nitrogen and oxygen atoms in total. The molecule has 4 heteroatoms. The van der Waals surface area contributed by atoms with Crippen LogP contribution in [0, 0.1) is 0 Å². The Balaban J connectivity index is 2.12. The molecule has 0 spiro atoms. The summed E-state index contributed by atoms with van der Waals surface area (Å²) in [7, 11) is 0. The Bertz CT molecular complexity index is 456. The number of aromatic hydroxyl groups is 2. The van der Waals surface area contributed by atoms with Crippen LogP contribution in [0.25, 0.3) is 0 Å². The normalized spacial score (nSPS) is 20.9. The van der Waals surface area contributed by atoms with E-state index in [4.69, 9.17) is 0 Å². The molecule has 0 radical (unpaired) electrons. The molecule has 1 fully saturated rings. The van der Waals surface area contributed by atoms with Crippen molar-refractivity contribution in [2.75, 3.05) is 13.1 Å². The number of rotatable bonds is 5. The van der Waals surface area contributed by atoms with Crippen molar-refractivity contribution in [2.45, 2.75) is 58.2 Å². The number of nitrogens with zero attached hydrogens (tertiary/aromatic N) is 1. The van der Waals surface area contributed by atoms with Gasteiger partial charge in [-0.3, -0.25) is 4.90 Å². The summed E-state index contributed by atoms with van der Waals surface area (Å²) in [6.45, 7) is 8.59. The topological polar surface area (TPSA) is 55.7 Å². The number of benzene rings is 1. The van der Waals surface area contributed by atoms with Crippen molar-refractivity contribution in [3.63, 3.8) is 0 Å². The van der Waals surface area contributed by atoms with Crippen LogP contribution >= 0.6 is 0 Å². The van der Waals surface area contributed by atoms with E-state index in [1.54, 1.807) is 6.07 Å². The maximum Gasteiger partial charge on any atom is 0.124 e. The molecule has 2 rings (SSSR count). The van der Waals surface area contributed by atoms with Crippen LogP contribution in [0.1, 0.15) is 51.6 Å². The zero-order chi connectivity index (χ0) is 15.4. The molecule has 1 aliphatic heterocycles. The van der Waals surface area contributed by atoms with Crippen LogP contribution in [0.2, 0.25) is 0 Å². The van der Waals surface area contributed by atoms with Crippen LogP contribution in [0.4, 0.5) is 0 Å². The Labute approximate surface area is 127 Å². The van der Waals surface area contributed by atoms with Crippen LogP contribution in [0.15, 0.2) is 18.2 Å². The number of phenolic OH excluding ortho intramolecular Hbond substituents is 2. The van der Waals surface area contributed by atoms with Gasteiger partial charge < -0.3 is 15.5 Å². The summed E-state index contributed by atoms with van der Waals surface area (Å²) in [5, 5.41) is 23.1. The third kappa shape index (κ3) is 4.11. The van der Waals surface area contributed by atoms with Crippen LogP contribution in [-0.2, 0) is 0 Å². The molecule has 0 aromatic heterocycles. The number of nitrogens with one attached hydrogen (secondary N) is 1. The molecule has 21 heavy (non-hydrogen) atoms. The summed E-state index contributed by atoms with van der Waals surface area (Å²) in [6, 6.07) is 5.93. The second kappa shape index (κ2) is 7.14. The van der Waals surface area contributed by atoms with Gasteiger partial charge in [-0.1, -0.05) is 12.5 Å². The molecule has 0 bridgehead atoms. The van der Waals surface area contributed by atoms with Gasteiger partial charge in [0.25, 0.3) is 0 Å². The summed E-state index contributed by atoms with van der Waals surface area (Å²) >= 11 is 0. The molecule has 1 heterocycles. The Hall–Kier alpha value is -1.26. The number of hydrogen-bond donors (Lipinski definition) is 3. The largest absolute Gasteiger partial charge is 0.508 e. The van der Waals surface area contributed by atoms with Crippen LogP contribution in [-0.4, -0.2) is 40.3 Å². The first-order valence-corrected chi connectivity index (χ1v) is 8.00. The van der Waals surface area contributed by atoms with Gasteiger partial charge >= 0.3 is 0 Å². The summed E-state index contributed by atoms with van der Waals surface area (Å²) in [6.07, 6.45) is 3.78. The lowest BCUT2D eigenvalue weighted by Crippen LogP contribution is -2.46. The minimum absolute atomic E-state index is 0.105. The van der Waals surface area contributed by atoms with E-state index >= 15 is 0 Å². The van der Waals surface area contributed by atoms with E-state index < -0.39 is 0 Å². The summed E-state index contributed by atoms with van der Waals surface area (Å²) in [5.74, 6) is 0.276. The van der Waals surface area contributed by atoms with Crippen molar-refractivity contribution in [3.05, 3.63) is 23.8 Å². The molecule has 1 aliphatic rings. The van der Waals surface area contributed by atoms with E-state index in [1.165, 1.54) is 25.3 Å². The third-order valence-corrected chi connectivity index (χ3v) is 4.47. The zero-order valence-electron chi connectivity index (χ0n) is 13.3. The summed E-state index contributed by atoms with van der Waals surface area (Å²) in [4.78, 5) is 2.41. The van der Waals surface area contributed by atoms with Gasteiger partial charge in [0.05, 0.1) is 0 Å². The minimum atomic E-state index is 0.105. The fraction of sp³-hybridized carbons (Fsp3) is 0.647. The lowest BCUT2D eigenvalue weighted by atomic mass is 10.00. The highest BCUT2D eigenvalue weighted by atomic mass is 16.3. The van der Waals surface area contributed by atoms with Gasteiger partial charge in [0.1, 0.15) is 11.5 Å². The van der Waals surface area contributed by atoms with E-state index in [2.05, 4.69) is 31.0 Å². The van der Waals surface area contributed by atoms with E-state index in [0.717, 1.165) is 18.7 Å². The summed E-state index contributed by atoms with van der Waals surface area (Å²) in [5.41, 5.74) is 0.873. The van der Waals surface area contributed by atoms with Gasteiger partial charge in [-0.15, -0.1) is 0 Å². The SMILES string of the molecule is CC(C)N(CC1CCCCN1)C(C)c1ccc(O)cc1O. The second-order valence-electron chi connectivity index (χ2n) is 6.36. The molecule has 0 saturated carbocycles. The van der Waals surface area contributed by atoms with E-state index in [1.807, 2.05) is 6.07 Å². The highest BCUT2D eigenvalue weighted by Crippen LogP contribution is 2.32. The van der Waals surface area contributed by atoms with Crippen molar-refractivity contribution in [1.82, 2.24) is 10.2 Å². The summed E-state index contributed by atoms with van der Waals surface area (Å²) < 4.78 is 0. The molecular weight excluding hydrogens is 264 g/mol. The monoisotopic (exact) mass is 292 g/mol. The molecule has 0 aliphatic carbocycles. The average Bonchev–Trinajstić information content (AvgIpc) is 2.45. The number of hydrogen-bond acceptors (Lipinski definition) is 4. The third-order valence-electron chi connectivity index (χ3n) is 4.47. The zero-order valence-corrected chi connectivity index (χ0v) is 13.3. The van der Waals surface area contributed by atoms with E-state index in [9.17, 15) is 10.2 Å². The molecule has 2 unspecified atom stereocenters. The predicted octanol–water partition coefficient (Wildman–Crippen LogP) is 3.01. The maximum absolute atomic E-state index is 10.1. The van der Waals surface area contributed by atoms with Crippen molar-refractivity contribution in [2.24, 2.45) is 0 Å². The molecule has 1 aromatic carbocycles. The van der Waals surface area contributed by atoms with E-state index in [0.29, 0.717) is 12.1 Å². The van der Waals surface area contributed by atoms with Crippen LogP contribution in [0.3, 0.4) is 0 Å². The molecule has 1 saturated heterocycles. The Kier molecular flexibility index (Phi) is 5.48. The predicted molar refractivity (Wildman–Crippen MR) is 85.7 cm³/mol. The Morgan fingerprint density at radius 1 is 1.24 bits per heavy atom. The van der Waals surface area contributed by atoms with Crippen molar-refractivity contribution in [1.29, 1.82) is 0 Å². The molecule has 118 valence electrons. The fourth-order valence-corrected chi connectivity index (χ4v) is 3.21. The first-order chi connectivity index (χ1) is 9.99. The quantitative estimate of drug-likeness (QED) is 0.781. The van der Waals surface area contributed by atoms with Crippen molar-refractivity contribution >= 4 is 0 Å². The second-order valence-corrected chi connectivity index (χ2v) is 6.36. The highest BCUT2D eigenvalue weighted by Gasteiger charge is 2.25. The van der Waals surface area contributed by atoms with Gasteiger partial charge in [0.2, 0.25) is 0 Å².